The van der Waals surface area contributed by atoms with Gasteiger partial charge in [0.15, 0.2) is 0 Å². The molecule has 1 rings (SSSR count). The minimum Gasteiger partial charge on any atom is -0.310 e. The number of rotatable bonds is 4. The van der Waals surface area contributed by atoms with Crippen molar-refractivity contribution in [2.24, 2.45) is 5.92 Å². The second-order valence-corrected chi connectivity index (χ2v) is 4.99. The minimum absolute atomic E-state index is 0.536. The molecular formula is C14H25N. The summed E-state index contributed by atoms with van der Waals surface area (Å²) in [5, 5.41) is 3.72. The fourth-order valence-corrected chi connectivity index (χ4v) is 2.45. The molecule has 0 aromatic carbocycles. The summed E-state index contributed by atoms with van der Waals surface area (Å²) < 4.78 is 0. The van der Waals surface area contributed by atoms with Gasteiger partial charge in [0.2, 0.25) is 0 Å². The Hall–Kier alpha value is -0.480. The third-order valence-corrected chi connectivity index (χ3v) is 3.59. The molecule has 0 saturated heterocycles. The normalized spacial score (nSPS) is 29.1. The highest BCUT2D eigenvalue weighted by atomic mass is 14.9. The van der Waals surface area contributed by atoms with Gasteiger partial charge in [-0.2, -0.15) is 0 Å². The predicted octanol–water partition coefficient (Wildman–Crippen LogP) is 3.35. The van der Waals surface area contributed by atoms with Gasteiger partial charge >= 0.3 is 0 Å². The second kappa shape index (κ2) is 6.90. The lowest BCUT2D eigenvalue weighted by molar-refractivity contribution is 0.384. The molecule has 1 heteroatoms. The lowest BCUT2D eigenvalue weighted by atomic mass is 10.0. The highest BCUT2D eigenvalue weighted by Gasteiger charge is 2.18. The average molecular weight is 207 g/mol. The molecule has 0 bridgehead atoms. The molecule has 1 nitrogen and oxygen atoms in total. The van der Waals surface area contributed by atoms with E-state index in [1.54, 1.807) is 0 Å². The summed E-state index contributed by atoms with van der Waals surface area (Å²) in [6, 6.07) is 1.25. The molecule has 0 spiro atoms. The van der Waals surface area contributed by atoms with Gasteiger partial charge in [-0.1, -0.05) is 26.7 Å². The van der Waals surface area contributed by atoms with Crippen LogP contribution in [0.5, 0.6) is 0 Å². The van der Waals surface area contributed by atoms with Crippen LogP contribution in [0, 0.1) is 18.3 Å². The smallest absolute Gasteiger partial charge is 0.0240 e. The van der Waals surface area contributed by atoms with Gasteiger partial charge in [0.1, 0.15) is 0 Å². The van der Waals surface area contributed by atoms with E-state index >= 15 is 0 Å². The number of nitrogens with one attached hydrogen (secondary N) is 1. The summed E-state index contributed by atoms with van der Waals surface area (Å²) in [6.45, 7) is 4.59. The molecule has 0 aliphatic heterocycles. The van der Waals surface area contributed by atoms with Gasteiger partial charge in [0.05, 0.1) is 0 Å². The predicted molar refractivity (Wildman–Crippen MR) is 66.7 cm³/mol. The number of terminal acetylenes is 1. The maximum atomic E-state index is 5.37. The molecule has 0 heterocycles. The summed E-state index contributed by atoms with van der Waals surface area (Å²) >= 11 is 0. The van der Waals surface area contributed by atoms with E-state index in [-0.39, 0.29) is 0 Å². The molecule has 1 fully saturated rings. The highest BCUT2D eigenvalue weighted by Crippen LogP contribution is 2.23. The zero-order valence-electron chi connectivity index (χ0n) is 10.3. The first-order valence-electron chi connectivity index (χ1n) is 6.45. The molecule has 3 atom stereocenters. The van der Waals surface area contributed by atoms with Crippen LogP contribution in [0.4, 0.5) is 0 Å². The molecule has 1 N–H and O–H groups in total. The van der Waals surface area contributed by atoms with Crippen LogP contribution in [0.3, 0.4) is 0 Å². The topological polar surface area (TPSA) is 12.0 Å². The van der Waals surface area contributed by atoms with Crippen molar-refractivity contribution in [3.63, 3.8) is 0 Å². The van der Waals surface area contributed by atoms with Crippen molar-refractivity contribution in [3.8, 4) is 12.3 Å². The Morgan fingerprint density at radius 3 is 2.80 bits per heavy atom. The van der Waals surface area contributed by atoms with E-state index in [4.69, 9.17) is 6.42 Å². The van der Waals surface area contributed by atoms with Gasteiger partial charge in [0, 0.05) is 18.5 Å². The van der Waals surface area contributed by atoms with Crippen molar-refractivity contribution >= 4 is 0 Å². The van der Waals surface area contributed by atoms with Crippen molar-refractivity contribution in [2.75, 3.05) is 0 Å². The van der Waals surface area contributed by atoms with Crippen LogP contribution in [0.2, 0.25) is 0 Å². The van der Waals surface area contributed by atoms with Crippen LogP contribution in [-0.4, -0.2) is 12.1 Å². The quantitative estimate of drug-likeness (QED) is 0.550. The Morgan fingerprint density at radius 1 is 1.33 bits per heavy atom. The molecular weight excluding hydrogens is 182 g/mol. The third-order valence-electron chi connectivity index (χ3n) is 3.59. The monoisotopic (exact) mass is 207 g/mol. The fourth-order valence-electron chi connectivity index (χ4n) is 2.45. The molecule has 3 unspecified atom stereocenters. The molecule has 1 aliphatic carbocycles. The van der Waals surface area contributed by atoms with Crippen molar-refractivity contribution in [1.82, 2.24) is 5.32 Å². The van der Waals surface area contributed by atoms with Crippen molar-refractivity contribution in [3.05, 3.63) is 0 Å². The first-order valence-corrected chi connectivity index (χ1v) is 6.45. The van der Waals surface area contributed by atoms with Crippen LogP contribution in [0.15, 0.2) is 0 Å². The van der Waals surface area contributed by atoms with Crippen molar-refractivity contribution < 1.29 is 0 Å². The maximum Gasteiger partial charge on any atom is 0.0240 e. The van der Waals surface area contributed by atoms with Crippen molar-refractivity contribution in [1.29, 1.82) is 0 Å². The van der Waals surface area contributed by atoms with E-state index in [9.17, 15) is 0 Å². The summed E-state index contributed by atoms with van der Waals surface area (Å²) in [4.78, 5) is 0. The van der Waals surface area contributed by atoms with E-state index < -0.39 is 0 Å². The molecule has 15 heavy (non-hydrogen) atoms. The van der Waals surface area contributed by atoms with Gasteiger partial charge in [-0.25, -0.2) is 0 Å². The molecule has 0 aromatic rings. The largest absolute Gasteiger partial charge is 0.310 e. The summed E-state index contributed by atoms with van der Waals surface area (Å²) in [5.41, 5.74) is 0. The summed E-state index contributed by atoms with van der Waals surface area (Å²) in [6.07, 6.45) is 14.2. The lowest BCUT2D eigenvalue weighted by Crippen LogP contribution is -2.37. The lowest BCUT2D eigenvalue weighted by Gasteiger charge is -2.22. The van der Waals surface area contributed by atoms with Crippen LogP contribution < -0.4 is 5.32 Å². The van der Waals surface area contributed by atoms with Crippen LogP contribution in [0.1, 0.15) is 58.8 Å². The molecule has 1 saturated carbocycles. The summed E-state index contributed by atoms with van der Waals surface area (Å²) in [5.74, 6) is 3.69. The fraction of sp³-hybridized carbons (Fsp3) is 0.857. The maximum absolute atomic E-state index is 5.37. The molecule has 0 amide bonds. The van der Waals surface area contributed by atoms with E-state index in [1.165, 1.54) is 32.1 Å². The number of hydrogen-bond donors (Lipinski definition) is 1. The number of hydrogen-bond acceptors (Lipinski definition) is 1. The Labute approximate surface area is 95.0 Å². The minimum atomic E-state index is 0.536. The van der Waals surface area contributed by atoms with E-state index in [1.807, 2.05) is 0 Å². The first-order chi connectivity index (χ1) is 7.26. The van der Waals surface area contributed by atoms with Crippen LogP contribution in [0.25, 0.3) is 0 Å². The van der Waals surface area contributed by atoms with Crippen LogP contribution in [-0.2, 0) is 0 Å². The molecule has 0 radical (unpaired) electrons. The van der Waals surface area contributed by atoms with Gasteiger partial charge in [0.25, 0.3) is 0 Å². The Bertz CT molecular complexity index is 204. The SMILES string of the molecule is C#CCC(CC)NC1CCCC(C)CC1. The zero-order chi connectivity index (χ0) is 11.1. The zero-order valence-corrected chi connectivity index (χ0v) is 10.3. The molecule has 1 aliphatic rings. The van der Waals surface area contributed by atoms with Crippen molar-refractivity contribution in [2.45, 2.75) is 70.9 Å². The molecule has 0 aromatic heterocycles. The highest BCUT2D eigenvalue weighted by molar-refractivity contribution is 4.90. The van der Waals surface area contributed by atoms with Crippen LogP contribution >= 0.6 is 0 Å². The van der Waals surface area contributed by atoms with Gasteiger partial charge in [-0.15, -0.1) is 12.3 Å². The van der Waals surface area contributed by atoms with E-state index in [2.05, 4.69) is 25.1 Å². The third kappa shape index (κ3) is 4.71. The Kier molecular flexibility index (Phi) is 5.79. The standard InChI is InChI=1S/C14H25N/c1-4-7-13(5-2)15-14-9-6-8-12(3)10-11-14/h1,12-15H,5-11H2,2-3H3. The summed E-state index contributed by atoms with van der Waals surface area (Å²) in [7, 11) is 0. The van der Waals surface area contributed by atoms with E-state index in [0.29, 0.717) is 12.1 Å². The average Bonchev–Trinajstić information content (AvgIpc) is 2.43. The van der Waals surface area contributed by atoms with Gasteiger partial charge < -0.3 is 5.32 Å². The second-order valence-electron chi connectivity index (χ2n) is 4.99. The Morgan fingerprint density at radius 2 is 2.13 bits per heavy atom. The Balaban J connectivity index is 2.33. The van der Waals surface area contributed by atoms with Gasteiger partial charge in [-0.05, 0) is 31.6 Å². The molecule has 86 valence electrons. The first kappa shape index (κ1) is 12.6. The van der Waals surface area contributed by atoms with Gasteiger partial charge in [-0.3, -0.25) is 0 Å². The van der Waals surface area contributed by atoms with E-state index in [0.717, 1.165) is 18.8 Å².